The van der Waals surface area contributed by atoms with Gasteiger partial charge in [0.15, 0.2) is 0 Å². The summed E-state index contributed by atoms with van der Waals surface area (Å²) in [6.45, 7) is 3.19. The fourth-order valence-corrected chi connectivity index (χ4v) is 2.73. The molecule has 0 radical (unpaired) electrons. The van der Waals surface area contributed by atoms with Gasteiger partial charge < -0.3 is 37.5 Å². The highest BCUT2D eigenvalue weighted by atomic mass is 16.4. The van der Waals surface area contributed by atoms with Crippen LogP contribution in [0.5, 0.6) is 0 Å². The van der Waals surface area contributed by atoms with Gasteiger partial charge in [-0.2, -0.15) is 0 Å². The van der Waals surface area contributed by atoms with Gasteiger partial charge in [0.2, 0.25) is 23.6 Å². The molecule has 1 aromatic rings. The van der Waals surface area contributed by atoms with Crippen molar-refractivity contribution in [2.45, 2.75) is 51.2 Å². The van der Waals surface area contributed by atoms with Crippen molar-refractivity contribution in [3.63, 3.8) is 0 Å². The second-order valence-electron chi connectivity index (χ2n) is 7.37. The van der Waals surface area contributed by atoms with E-state index < -0.39 is 60.7 Å². The van der Waals surface area contributed by atoms with E-state index >= 15 is 0 Å². The predicted octanol–water partition coefficient (Wildman–Crippen LogP) is -2.63. The van der Waals surface area contributed by atoms with E-state index in [4.69, 9.17) is 11.5 Å². The number of imidazole rings is 1. The molecule has 9 N–H and O–H groups in total. The number of carbonyl (C=O) groups is 5. The van der Waals surface area contributed by atoms with Crippen molar-refractivity contribution in [3.05, 3.63) is 18.2 Å². The number of nitrogens with one attached hydrogen (secondary N) is 4. The highest BCUT2D eigenvalue weighted by Crippen LogP contribution is 2.07. The van der Waals surface area contributed by atoms with E-state index in [-0.39, 0.29) is 18.8 Å². The molecule has 0 aliphatic rings. The van der Waals surface area contributed by atoms with Crippen molar-refractivity contribution in [2.24, 2.45) is 17.4 Å². The van der Waals surface area contributed by atoms with E-state index in [9.17, 15) is 29.1 Å². The first-order chi connectivity index (χ1) is 14.5. The Kier molecular flexibility index (Phi) is 10.1. The number of rotatable bonds is 13. The monoisotopic (exact) mass is 439 g/mol. The fourth-order valence-electron chi connectivity index (χ4n) is 2.73. The molecule has 0 fully saturated rings. The molecule has 3 unspecified atom stereocenters. The molecule has 0 saturated carbocycles. The van der Waals surface area contributed by atoms with E-state index in [1.165, 1.54) is 12.5 Å². The summed E-state index contributed by atoms with van der Waals surface area (Å²) in [5.74, 6) is -4.37. The van der Waals surface area contributed by atoms with Crippen LogP contribution in [-0.4, -0.2) is 69.3 Å². The van der Waals surface area contributed by atoms with Crippen LogP contribution in [0.4, 0.5) is 0 Å². The van der Waals surface area contributed by atoms with Gasteiger partial charge in [-0.25, -0.2) is 9.78 Å². The number of aliphatic carboxylic acids is 1. The lowest BCUT2D eigenvalue weighted by Crippen LogP contribution is -2.57. The summed E-state index contributed by atoms with van der Waals surface area (Å²) in [6.07, 6.45) is 2.44. The maximum Gasteiger partial charge on any atom is 0.326 e. The van der Waals surface area contributed by atoms with E-state index in [0.29, 0.717) is 5.69 Å². The molecule has 31 heavy (non-hydrogen) atoms. The number of aromatic nitrogens is 2. The van der Waals surface area contributed by atoms with E-state index in [1.54, 1.807) is 13.8 Å². The first-order valence-corrected chi connectivity index (χ1v) is 9.62. The zero-order valence-electron chi connectivity index (χ0n) is 17.4. The molecule has 4 amide bonds. The van der Waals surface area contributed by atoms with Crippen LogP contribution in [0.1, 0.15) is 32.4 Å². The number of carbonyl (C=O) groups excluding carboxylic acids is 4. The minimum absolute atomic E-state index is 0.00605. The molecular weight excluding hydrogens is 410 g/mol. The normalized spacial score (nSPS) is 13.7. The zero-order valence-corrected chi connectivity index (χ0v) is 17.4. The molecule has 1 aromatic heterocycles. The van der Waals surface area contributed by atoms with Crippen molar-refractivity contribution in [1.82, 2.24) is 25.9 Å². The van der Waals surface area contributed by atoms with E-state index in [2.05, 4.69) is 25.9 Å². The average molecular weight is 439 g/mol. The standard InChI is InChI=1S/C18H29N7O6/c1-9(2)3-13(18(30)31)25-16(28)11(4-10-7-21-8-22-10)24-17(29)12(5-14(20)26)23-15(27)6-19/h7-9,11-13H,3-6,19H2,1-2H3,(H2,20,26)(H,21,22)(H,23,27)(H,24,29)(H,25,28)(H,30,31). The molecule has 0 saturated heterocycles. The van der Waals surface area contributed by atoms with Crippen LogP contribution in [-0.2, 0) is 30.4 Å². The van der Waals surface area contributed by atoms with Crippen molar-refractivity contribution in [3.8, 4) is 0 Å². The Bertz CT molecular complexity index is 780. The van der Waals surface area contributed by atoms with Crippen LogP contribution in [0, 0.1) is 5.92 Å². The summed E-state index contributed by atoms with van der Waals surface area (Å²) >= 11 is 0. The Morgan fingerprint density at radius 3 is 2.16 bits per heavy atom. The molecule has 0 aliphatic carbocycles. The maximum absolute atomic E-state index is 12.8. The van der Waals surface area contributed by atoms with Crippen LogP contribution < -0.4 is 27.4 Å². The number of carboxylic acid groups (broad SMARTS) is 1. The topological polar surface area (TPSA) is 222 Å². The fraction of sp³-hybridized carbons (Fsp3) is 0.556. The van der Waals surface area contributed by atoms with Crippen molar-refractivity contribution < 1.29 is 29.1 Å². The lowest BCUT2D eigenvalue weighted by molar-refractivity contribution is -0.143. The first kappa shape index (κ1) is 25.6. The third-order valence-corrected chi connectivity index (χ3v) is 4.18. The van der Waals surface area contributed by atoms with Crippen LogP contribution in [0.15, 0.2) is 12.5 Å². The van der Waals surface area contributed by atoms with Crippen molar-refractivity contribution >= 4 is 29.6 Å². The summed E-state index contributed by atoms with van der Waals surface area (Å²) in [7, 11) is 0. The molecule has 172 valence electrons. The van der Waals surface area contributed by atoms with Gasteiger partial charge in [0.1, 0.15) is 18.1 Å². The highest BCUT2D eigenvalue weighted by Gasteiger charge is 2.30. The van der Waals surface area contributed by atoms with Gasteiger partial charge in [0.05, 0.1) is 19.3 Å². The Morgan fingerprint density at radius 2 is 1.68 bits per heavy atom. The minimum Gasteiger partial charge on any atom is -0.480 e. The third-order valence-electron chi connectivity index (χ3n) is 4.18. The second-order valence-corrected chi connectivity index (χ2v) is 7.37. The SMILES string of the molecule is CC(C)CC(NC(=O)C(Cc1cnc[nH]1)NC(=O)C(CC(N)=O)NC(=O)CN)C(=O)O. The average Bonchev–Trinajstić information content (AvgIpc) is 3.18. The lowest BCUT2D eigenvalue weighted by Gasteiger charge is -2.24. The van der Waals surface area contributed by atoms with Crippen molar-refractivity contribution in [1.29, 1.82) is 0 Å². The predicted molar refractivity (Wildman–Crippen MR) is 108 cm³/mol. The second kappa shape index (κ2) is 12.3. The molecule has 0 bridgehead atoms. The summed E-state index contributed by atoms with van der Waals surface area (Å²) < 4.78 is 0. The number of nitrogens with two attached hydrogens (primary N) is 2. The molecule has 1 heterocycles. The van der Waals surface area contributed by atoms with Gasteiger partial charge in [-0.1, -0.05) is 13.8 Å². The quantitative estimate of drug-likeness (QED) is 0.172. The molecule has 13 heteroatoms. The Hall–Kier alpha value is -3.48. The summed E-state index contributed by atoms with van der Waals surface area (Å²) in [5.41, 5.74) is 10.9. The third kappa shape index (κ3) is 9.25. The number of carboxylic acids is 1. The molecule has 3 atom stereocenters. The Labute approximate surface area is 178 Å². The van der Waals surface area contributed by atoms with Crippen LogP contribution >= 0.6 is 0 Å². The van der Waals surface area contributed by atoms with E-state index in [0.717, 1.165) is 0 Å². The lowest BCUT2D eigenvalue weighted by atomic mass is 10.0. The zero-order chi connectivity index (χ0) is 23.6. The summed E-state index contributed by atoms with van der Waals surface area (Å²) in [6, 6.07) is -3.73. The van der Waals surface area contributed by atoms with Gasteiger partial charge in [0.25, 0.3) is 0 Å². The number of hydrogen-bond acceptors (Lipinski definition) is 7. The number of H-pyrrole nitrogens is 1. The maximum atomic E-state index is 12.8. The van der Waals surface area contributed by atoms with Crippen LogP contribution in [0.25, 0.3) is 0 Å². The Morgan fingerprint density at radius 1 is 1.06 bits per heavy atom. The van der Waals surface area contributed by atoms with Gasteiger partial charge in [0, 0.05) is 18.3 Å². The minimum atomic E-state index is -1.35. The van der Waals surface area contributed by atoms with E-state index in [1.807, 2.05) is 0 Å². The smallest absolute Gasteiger partial charge is 0.326 e. The molecule has 0 aromatic carbocycles. The number of hydrogen-bond donors (Lipinski definition) is 7. The first-order valence-electron chi connectivity index (χ1n) is 9.62. The van der Waals surface area contributed by atoms with Gasteiger partial charge >= 0.3 is 5.97 Å². The van der Waals surface area contributed by atoms with Gasteiger partial charge in [-0.3, -0.25) is 19.2 Å². The van der Waals surface area contributed by atoms with Gasteiger partial charge in [-0.05, 0) is 12.3 Å². The largest absolute Gasteiger partial charge is 0.480 e. The molecule has 13 nitrogen and oxygen atoms in total. The summed E-state index contributed by atoms with van der Waals surface area (Å²) in [5, 5.41) is 16.5. The molecule has 1 rings (SSSR count). The van der Waals surface area contributed by atoms with Crippen LogP contribution in [0.3, 0.4) is 0 Å². The van der Waals surface area contributed by atoms with Crippen molar-refractivity contribution in [2.75, 3.05) is 6.54 Å². The highest BCUT2D eigenvalue weighted by molar-refractivity contribution is 5.95. The molecule has 0 aliphatic heterocycles. The van der Waals surface area contributed by atoms with Gasteiger partial charge in [-0.15, -0.1) is 0 Å². The summed E-state index contributed by atoms with van der Waals surface area (Å²) in [4.78, 5) is 66.5. The molecular formula is C18H29N7O6. The number of amides is 4. The number of aromatic amines is 1. The number of nitrogens with zero attached hydrogens (tertiary/aromatic N) is 1. The molecule has 0 spiro atoms. The number of primary amides is 1. The van der Waals surface area contributed by atoms with Crippen LogP contribution in [0.2, 0.25) is 0 Å². The Balaban J connectivity index is 3.03.